The molecule has 2 rings (SSSR count). The average Bonchev–Trinajstić information content (AvgIpc) is 2.76. The third-order valence-electron chi connectivity index (χ3n) is 2.19. The first-order chi connectivity index (χ1) is 7.40. The molecule has 2 aromatic rings. The van der Waals surface area contributed by atoms with Gasteiger partial charge in [0.15, 0.2) is 0 Å². The molecule has 0 aliphatic carbocycles. The molecule has 0 aliphatic rings. The van der Waals surface area contributed by atoms with Crippen LogP contribution < -0.4 is 5.90 Å². The van der Waals surface area contributed by atoms with E-state index in [1.54, 1.807) is 11.3 Å². The second-order valence-corrected chi connectivity index (χ2v) is 4.42. The third-order valence-corrected chi connectivity index (χ3v) is 3.38. The van der Waals surface area contributed by atoms with Crippen molar-refractivity contribution in [2.24, 2.45) is 5.90 Å². The van der Waals surface area contributed by atoms with E-state index in [0.717, 1.165) is 6.42 Å². The SMILES string of the molecule is NOCCc1ccc(-c2ccccc2)s1. The van der Waals surface area contributed by atoms with Gasteiger partial charge in [0.05, 0.1) is 6.61 Å². The summed E-state index contributed by atoms with van der Waals surface area (Å²) in [5, 5.41) is 0. The van der Waals surface area contributed by atoms with Crippen LogP contribution in [0.25, 0.3) is 10.4 Å². The zero-order valence-electron chi connectivity index (χ0n) is 8.35. The molecule has 0 amide bonds. The molecule has 1 heterocycles. The van der Waals surface area contributed by atoms with Crippen molar-refractivity contribution in [3.63, 3.8) is 0 Å². The lowest BCUT2D eigenvalue weighted by molar-refractivity contribution is 0.142. The number of thiophene rings is 1. The minimum atomic E-state index is 0.578. The summed E-state index contributed by atoms with van der Waals surface area (Å²) in [4.78, 5) is 7.17. The highest BCUT2D eigenvalue weighted by Gasteiger charge is 2.01. The Hall–Kier alpha value is -1.16. The normalized spacial score (nSPS) is 10.5. The molecule has 0 bridgehead atoms. The minimum Gasteiger partial charge on any atom is -0.304 e. The average molecular weight is 219 g/mol. The zero-order valence-corrected chi connectivity index (χ0v) is 9.17. The molecule has 1 aromatic carbocycles. The maximum Gasteiger partial charge on any atom is 0.0727 e. The van der Waals surface area contributed by atoms with Gasteiger partial charge in [-0.1, -0.05) is 30.3 Å². The summed E-state index contributed by atoms with van der Waals surface area (Å²) in [6, 6.07) is 14.7. The van der Waals surface area contributed by atoms with Gasteiger partial charge in [0, 0.05) is 16.2 Å². The van der Waals surface area contributed by atoms with Gasteiger partial charge in [-0.05, 0) is 17.7 Å². The van der Waals surface area contributed by atoms with E-state index in [9.17, 15) is 0 Å². The molecule has 1 aromatic heterocycles. The van der Waals surface area contributed by atoms with Crippen molar-refractivity contribution in [3.8, 4) is 10.4 Å². The summed E-state index contributed by atoms with van der Waals surface area (Å²) < 4.78 is 0. The molecule has 0 saturated carbocycles. The highest BCUT2D eigenvalue weighted by atomic mass is 32.1. The second-order valence-electron chi connectivity index (χ2n) is 3.25. The lowest BCUT2D eigenvalue weighted by Gasteiger charge is -1.96. The first-order valence-electron chi connectivity index (χ1n) is 4.86. The summed E-state index contributed by atoms with van der Waals surface area (Å²) >= 11 is 1.79. The van der Waals surface area contributed by atoms with E-state index in [2.05, 4.69) is 41.2 Å². The first-order valence-corrected chi connectivity index (χ1v) is 5.67. The number of nitrogens with two attached hydrogens (primary N) is 1. The van der Waals surface area contributed by atoms with Crippen molar-refractivity contribution < 1.29 is 4.84 Å². The molecule has 0 fully saturated rings. The Morgan fingerprint density at radius 1 is 1.07 bits per heavy atom. The van der Waals surface area contributed by atoms with Crippen LogP contribution in [0.15, 0.2) is 42.5 Å². The minimum absolute atomic E-state index is 0.578. The van der Waals surface area contributed by atoms with Crippen LogP contribution in [0.5, 0.6) is 0 Å². The van der Waals surface area contributed by atoms with Crippen molar-refractivity contribution in [2.75, 3.05) is 6.61 Å². The molecule has 3 heteroatoms. The molecule has 2 N–H and O–H groups in total. The van der Waals surface area contributed by atoms with E-state index in [1.807, 2.05) is 6.07 Å². The molecule has 78 valence electrons. The van der Waals surface area contributed by atoms with E-state index in [-0.39, 0.29) is 0 Å². The molecule has 0 aliphatic heterocycles. The molecule has 0 atom stereocenters. The van der Waals surface area contributed by atoms with Gasteiger partial charge in [-0.15, -0.1) is 11.3 Å². The number of hydrogen-bond donors (Lipinski definition) is 1. The van der Waals surface area contributed by atoms with Gasteiger partial charge in [-0.3, -0.25) is 0 Å². The van der Waals surface area contributed by atoms with E-state index in [0.29, 0.717) is 6.61 Å². The standard InChI is InChI=1S/C12H13NOS/c13-14-9-8-11-6-7-12(15-11)10-4-2-1-3-5-10/h1-7H,8-9,13H2. The maximum atomic E-state index is 5.00. The molecule has 2 nitrogen and oxygen atoms in total. The van der Waals surface area contributed by atoms with Gasteiger partial charge in [0.1, 0.15) is 0 Å². The van der Waals surface area contributed by atoms with Crippen LogP contribution in [0.3, 0.4) is 0 Å². The number of rotatable bonds is 4. The van der Waals surface area contributed by atoms with Gasteiger partial charge in [-0.2, -0.15) is 0 Å². The highest BCUT2D eigenvalue weighted by molar-refractivity contribution is 7.15. The topological polar surface area (TPSA) is 35.2 Å². The quantitative estimate of drug-likeness (QED) is 0.802. The Kier molecular flexibility index (Phi) is 3.50. The summed E-state index contributed by atoms with van der Waals surface area (Å²) in [5.41, 5.74) is 1.27. The fourth-order valence-corrected chi connectivity index (χ4v) is 2.42. The second kappa shape index (κ2) is 5.07. The van der Waals surface area contributed by atoms with Crippen LogP contribution in [0.4, 0.5) is 0 Å². The van der Waals surface area contributed by atoms with Crippen LogP contribution in [-0.2, 0) is 11.3 Å². The maximum absolute atomic E-state index is 5.00. The molecule has 15 heavy (non-hydrogen) atoms. The fraction of sp³-hybridized carbons (Fsp3) is 0.167. The van der Waals surface area contributed by atoms with Crippen LogP contribution in [0.1, 0.15) is 4.88 Å². The Bertz CT molecular complexity index is 411. The van der Waals surface area contributed by atoms with Crippen LogP contribution in [-0.4, -0.2) is 6.61 Å². The summed E-state index contributed by atoms with van der Waals surface area (Å²) in [6.45, 7) is 0.578. The van der Waals surface area contributed by atoms with Gasteiger partial charge < -0.3 is 4.84 Å². The predicted molar refractivity (Wildman–Crippen MR) is 63.6 cm³/mol. The molecular weight excluding hydrogens is 206 g/mol. The Morgan fingerprint density at radius 3 is 2.60 bits per heavy atom. The summed E-state index contributed by atoms with van der Waals surface area (Å²) in [5.74, 6) is 5.00. The van der Waals surface area contributed by atoms with Crippen LogP contribution >= 0.6 is 11.3 Å². The van der Waals surface area contributed by atoms with E-state index in [1.165, 1.54) is 15.3 Å². The lowest BCUT2D eigenvalue weighted by Crippen LogP contribution is -2.02. The first kappa shape index (κ1) is 10.4. The molecular formula is C12H13NOS. The summed E-state index contributed by atoms with van der Waals surface area (Å²) in [7, 11) is 0. The van der Waals surface area contributed by atoms with Gasteiger partial charge >= 0.3 is 0 Å². The lowest BCUT2D eigenvalue weighted by atomic mass is 10.2. The van der Waals surface area contributed by atoms with Crippen molar-refractivity contribution >= 4 is 11.3 Å². The number of hydrogen-bond acceptors (Lipinski definition) is 3. The third kappa shape index (κ3) is 2.65. The Labute approximate surface area is 93.3 Å². The van der Waals surface area contributed by atoms with Crippen LogP contribution in [0, 0.1) is 0 Å². The fourth-order valence-electron chi connectivity index (χ4n) is 1.43. The zero-order chi connectivity index (χ0) is 10.5. The van der Waals surface area contributed by atoms with E-state index < -0.39 is 0 Å². The molecule has 0 unspecified atom stereocenters. The monoisotopic (exact) mass is 219 g/mol. The van der Waals surface area contributed by atoms with Crippen molar-refractivity contribution in [2.45, 2.75) is 6.42 Å². The van der Waals surface area contributed by atoms with E-state index in [4.69, 9.17) is 5.90 Å². The Balaban J connectivity index is 2.14. The molecule has 0 radical (unpaired) electrons. The highest BCUT2D eigenvalue weighted by Crippen LogP contribution is 2.27. The van der Waals surface area contributed by atoms with Crippen molar-refractivity contribution in [1.82, 2.24) is 0 Å². The predicted octanol–water partition coefficient (Wildman–Crippen LogP) is 2.85. The molecule has 0 saturated heterocycles. The van der Waals surface area contributed by atoms with Gasteiger partial charge in [0.25, 0.3) is 0 Å². The van der Waals surface area contributed by atoms with Gasteiger partial charge in [0.2, 0.25) is 0 Å². The Morgan fingerprint density at radius 2 is 1.87 bits per heavy atom. The summed E-state index contributed by atoms with van der Waals surface area (Å²) in [6.07, 6.45) is 0.883. The number of benzene rings is 1. The van der Waals surface area contributed by atoms with E-state index >= 15 is 0 Å². The largest absolute Gasteiger partial charge is 0.304 e. The smallest absolute Gasteiger partial charge is 0.0727 e. The van der Waals surface area contributed by atoms with Crippen LogP contribution in [0.2, 0.25) is 0 Å². The van der Waals surface area contributed by atoms with Crippen molar-refractivity contribution in [1.29, 1.82) is 0 Å². The van der Waals surface area contributed by atoms with Gasteiger partial charge in [-0.25, -0.2) is 5.90 Å². The van der Waals surface area contributed by atoms with Crippen molar-refractivity contribution in [3.05, 3.63) is 47.3 Å². The molecule has 0 spiro atoms.